The lowest BCUT2D eigenvalue weighted by atomic mass is 9.90. The van der Waals surface area contributed by atoms with Crippen molar-refractivity contribution in [1.29, 1.82) is 0 Å². The van der Waals surface area contributed by atoms with Gasteiger partial charge in [0.1, 0.15) is 11.8 Å². The highest BCUT2D eigenvalue weighted by atomic mass is 16.5. The first-order valence-corrected chi connectivity index (χ1v) is 9.94. The van der Waals surface area contributed by atoms with E-state index in [0.29, 0.717) is 17.9 Å². The maximum Gasteiger partial charge on any atom is 0.337 e. The fraction of sp³-hybridized carbons (Fsp3) is 0.391. The van der Waals surface area contributed by atoms with Gasteiger partial charge in [0.2, 0.25) is 0 Å². The zero-order valence-corrected chi connectivity index (χ0v) is 17.0. The van der Waals surface area contributed by atoms with Crippen molar-refractivity contribution < 1.29 is 29.6 Å². The largest absolute Gasteiger partial charge is 0.508 e. The number of aliphatic hydroxyl groups is 1. The van der Waals surface area contributed by atoms with Crippen molar-refractivity contribution in [3.63, 3.8) is 0 Å². The van der Waals surface area contributed by atoms with Crippen molar-refractivity contribution in [3.05, 3.63) is 65.2 Å². The standard InChI is InChI=1S/C13H16O3.C10H13NO3/c14-12(13(15)16)11-8-4-3-7-10(11)9-5-1-2-6-9;1-14-10(13)9(11)6-7-2-4-8(12)5-3-7/h3-4,7-9,12,14H,1-2,5-6H2,(H,15,16);2-5,9,12H,6,11H2,1H3/t12-;9-/m11/s1. The molecule has 0 unspecified atom stereocenters. The molecule has 2 aromatic carbocycles. The number of nitrogens with two attached hydrogens (primary N) is 1. The molecule has 3 rings (SSSR count). The average molecular weight is 415 g/mol. The molecule has 0 heterocycles. The fourth-order valence-corrected chi connectivity index (χ4v) is 3.62. The number of ether oxygens (including phenoxy) is 1. The topological polar surface area (TPSA) is 130 Å². The van der Waals surface area contributed by atoms with Gasteiger partial charge in [0.05, 0.1) is 7.11 Å². The highest BCUT2D eigenvalue weighted by Crippen LogP contribution is 2.37. The Balaban J connectivity index is 0.000000216. The second-order valence-electron chi connectivity index (χ2n) is 7.35. The third kappa shape index (κ3) is 6.57. The molecule has 0 radical (unpaired) electrons. The number of hydrogen-bond acceptors (Lipinski definition) is 6. The summed E-state index contributed by atoms with van der Waals surface area (Å²) in [5.74, 6) is -0.992. The number of benzene rings is 2. The maximum absolute atomic E-state index is 11.0. The number of carboxylic acids is 1. The number of hydrogen-bond donors (Lipinski definition) is 4. The molecule has 1 fully saturated rings. The minimum Gasteiger partial charge on any atom is -0.508 e. The van der Waals surface area contributed by atoms with Gasteiger partial charge in [-0.1, -0.05) is 49.2 Å². The fourth-order valence-electron chi connectivity index (χ4n) is 3.62. The van der Waals surface area contributed by atoms with Gasteiger partial charge in [-0.25, -0.2) is 4.79 Å². The molecule has 2 aromatic rings. The Morgan fingerprint density at radius 3 is 2.27 bits per heavy atom. The molecule has 0 spiro atoms. The number of esters is 1. The molecule has 2 atom stereocenters. The molecule has 0 bridgehead atoms. The van der Waals surface area contributed by atoms with Crippen molar-refractivity contribution >= 4 is 11.9 Å². The van der Waals surface area contributed by atoms with E-state index in [2.05, 4.69) is 4.74 Å². The number of phenolic OH excluding ortho intramolecular Hbond substituents is 1. The first-order valence-electron chi connectivity index (χ1n) is 9.94. The van der Waals surface area contributed by atoms with Crippen LogP contribution in [0.4, 0.5) is 0 Å². The predicted octanol–water partition coefficient (Wildman–Crippen LogP) is 2.90. The summed E-state index contributed by atoms with van der Waals surface area (Å²) in [7, 11) is 1.30. The van der Waals surface area contributed by atoms with Gasteiger partial charge in [-0.3, -0.25) is 4.79 Å². The predicted molar refractivity (Wildman–Crippen MR) is 112 cm³/mol. The van der Waals surface area contributed by atoms with Gasteiger partial charge in [0.25, 0.3) is 0 Å². The van der Waals surface area contributed by atoms with Gasteiger partial charge in [-0.05, 0) is 54.0 Å². The Hall–Kier alpha value is -2.90. The number of aliphatic carboxylic acids is 1. The van der Waals surface area contributed by atoms with E-state index in [1.807, 2.05) is 12.1 Å². The molecule has 5 N–H and O–H groups in total. The third-order valence-electron chi connectivity index (χ3n) is 5.22. The second kappa shape index (κ2) is 11.3. The van der Waals surface area contributed by atoms with E-state index in [4.69, 9.17) is 15.9 Å². The quantitative estimate of drug-likeness (QED) is 0.534. The van der Waals surface area contributed by atoms with Crippen LogP contribution in [0.5, 0.6) is 5.75 Å². The smallest absolute Gasteiger partial charge is 0.337 e. The number of carboxylic acid groups (broad SMARTS) is 1. The monoisotopic (exact) mass is 415 g/mol. The van der Waals surface area contributed by atoms with Crippen molar-refractivity contribution in [2.45, 2.75) is 50.2 Å². The number of aliphatic hydroxyl groups excluding tert-OH is 1. The maximum atomic E-state index is 11.0. The second-order valence-corrected chi connectivity index (χ2v) is 7.35. The molecule has 0 amide bonds. The molecule has 0 aliphatic heterocycles. The van der Waals surface area contributed by atoms with Crippen LogP contribution in [-0.2, 0) is 20.7 Å². The third-order valence-corrected chi connectivity index (χ3v) is 5.22. The summed E-state index contributed by atoms with van der Waals surface area (Å²) in [6.45, 7) is 0. The van der Waals surface area contributed by atoms with Crippen molar-refractivity contribution in [2.75, 3.05) is 7.11 Å². The zero-order chi connectivity index (χ0) is 22.1. The lowest BCUT2D eigenvalue weighted by Crippen LogP contribution is -2.33. The average Bonchev–Trinajstić information content (AvgIpc) is 3.29. The molecule has 7 nitrogen and oxygen atoms in total. The van der Waals surface area contributed by atoms with E-state index in [9.17, 15) is 14.7 Å². The molecule has 1 aliphatic carbocycles. The first-order chi connectivity index (χ1) is 14.3. The Morgan fingerprint density at radius 2 is 1.70 bits per heavy atom. The normalized spacial score (nSPS) is 15.6. The highest BCUT2D eigenvalue weighted by molar-refractivity contribution is 5.75. The molecule has 1 saturated carbocycles. The molecular formula is C23H29NO6. The van der Waals surface area contributed by atoms with Gasteiger partial charge in [0.15, 0.2) is 6.10 Å². The number of rotatable bonds is 6. The first kappa shape index (κ1) is 23.4. The molecule has 1 aliphatic rings. The number of phenols is 1. The lowest BCUT2D eigenvalue weighted by molar-refractivity contribution is -0.147. The summed E-state index contributed by atoms with van der Waals surface area (Å²) in [5.41, 5.74) is 8.02. The minimum absolute atomic E-state index is 0.195. The Labute approximate surface area is 176 Å². The van der Waals surface area contributed by atoms with Gasteiger partial charge in [-0.2, -0.15) is 0 Å². The van der Waals surface area contributed by atoms with Gasteiger partial charge in [0, 0.05) is 0 Å². The van der Waals surface area contributed by atoms with E-state index in [1.165, 1.54) is 20.0 Å². The van der Waals surface area contributed by atoms with Gasteiger partial charge in [-0.15, -0.1) is 0 Å². The minimum atomic E-state index is -1.39. The van der Waals surface area contributed by atoms with Gasteiger partial charge >= 0.3 is 11.9 Å². The Morgan fingerprint density at radius 1 is 1.10 bits per heavy atom. The van der Waals surface area contributed by atoms with E-state index >= 15 is 0 Å². The zero-order valence-electron chi connectivity index (χ0n) is 17.0. The Bertz CT molecular complexity index is 830. The van der Waals surface area contributed by atoms with E-state index < -0.39 is 24.1 Å². The van der Waals surface area contributed by atoms with E-state index in [1.54, 1.807) is 36.4 Å². The molecule has 162 valence electrons. The van der Waals surface area contributed by atoms with Crippen LogP contribution in [0.1, 0.15) is 54.4 Å². The number of aromatic hydroxyl groups is 1. The highest BCUT2D eigenvalue weighted by Gasteiger charge is 2.25. The van der Waals surface area contributed by atoms with Crippen molar-refractivity contribution in [1.82, 2.24) is 0 Å². The van der Waals surface area contributed by atoms with E-state index in [0.717, 1.165) is 24.0 Å². The SMILES string of the molecule is COC(=O)[C@H](N)Cc1ccc(O)cc1.O=C(O)[C@H](O)c1ccccc1C1CCCC1. The summed E-state index contributed by atoms with van der Waals surface area (Å²) < 4.78 is 4.49. The lowest BCUT2D eigenvalue weighted by Gasteiger charge is -2.16. The summed E-state index contributed by atoms with van der Waals surface area (Å²) in [4.78, 5) is 21.8. The van der Waals surface area contributed by atoms with Crippen LogP contribution in [0.15, 0.2) is 48.5 Å². The molecular weight excluding hydrogens is 386 g/mol. The van der Waals surface area contributed by atoms with Gasteiger partial charge < -0.3 is 25.8 Å². The van der Waals surface area contributed by atoms with Crippen LogP contribution in [0.25, 0.3) is 0 Å². The number of carbonyl (C=O) groups excluding carboxylic acids is 1. The summed E-state index contributed by atoms with van der Waals surface area (Å²) in [6.07, 6.45) is 3.61. The van der Waals surface area contributed by atoms with Crippen LogP contribution in [-0.4, -0.2) is 40.4 Å². The summed E-state index contributed by atoms with van der Waals surface area (Å²) in [6, 6.07) is 13.2. The molecule has 30 heavy (non-hydrogen) atoms. The summed E-state index contributed by atoms with van der Waals surface area (Å²) in [5, 5.41) is 27.5. The van der Waals surface area contributed by atoms with Crippen LogP contribution in [0.3, 0.4) is 0 Å². The number of carbonyl (C=O) groups is 2. The van der Waals surface area contributed by atoms with Crippen molar-refractivity contribution in [3.8, 4) is 5.75 Å². The van der Waals surface area contributed by atoms with Crippen LogP contribution in [0, 0.1) is 0 Å². The molecule has 7 heteroatoms. The van der Waals surface area contributed by atoms with E-state index in [-0.39, 0.29) is 5.75 Å². The van der Waals surface area contributed by atoms with Crippen molar-refractivity contribution in [2.24, 2.45) is 5.73 Å². The number of methoxy groups -OCH3 is 1. The molecule has 0 aromatic heterocycles. The van der Waals surface area contributed by atoms with Crippen LogP contribution < -0.4 is 5.73 Å². The van der Waals surface area contributed by atoms with Crippen LogP contribution in [0.2, 0.25) is 0 Å². The Kier molecular flexibility index (Phi) is 8.83. The van der Waals surface area contributed by atoms with Crippen LogP contribution >= 0.6 is 0 Å². The summed E-state index contributed by atoms with van der Waals surface area (Å²) >= 11 is 0. The molecule has 0 saturated heterocycles.